The quantitative estimate of drug-likeness (QED) is 0.363. The summed E-state index contributed by atoms with van der Waals surface area (Å²) in [4.78, 5) is 10.2. The van der Waals surface area contributed by atoms with Gasteiger partial charge in [0.25, 0.3) is 5.69 Å². The maximum atomic E-state index is 10.6. The smallest absolute Gasteiger partial charge is 0.292 e. The second-order valence-corrected chi connectivity index (χ2v) is 4.26. The number of nitrogen functional groups attached to an aromatic ring is 1. The van der Waals surface area contributed by atoms with Gasteiger partial charge in [-0.2, -0.15) is 11.8 Å². The number of benzene rings is 1. The molecular formula is C10H14N2O2S. The van der Waals surface area contributed by atoms with E-state index in [2.05, 4.69) is 6.92 Å². The van der Waals surface area contributed by atoms with E-state index < -0.39 is 4.92 Å². The van der Waals surface area contributed by atoms with Gasteiger partial charge >= 0.3 is 0 Å². The highest BCUT2D eigenvalue weighted by Crippen LogP contribution is 2.27. The second kappa shape index (κ2) is 5.60. The van der Waals surface area contributed by atoms with Crippen molar-refractivity contribution in [2.75, 3.05) is 11.5 Å². The third-order valence-electron chi connectivity index (χ3n) is 1.98. The molecule has 0 saturated heterocycles. The molecule has 0 saturated carbocycles. The molecule has 82 valence electrons. The molecule has 0 bridgehead atoms. The van der Waals surface area contributed by atoms with Crippen LogP contribution in [0.4, 0.5) is 11.4 Å². The normalized spacial score (nSPS) is 10.2. The van der Waals surface area contributed by atoms with Crippen LogP contribution in [0.2, 0.25) is 0 Å². The fourth-order valence-electron chi connectivity index (χ4n) is 1.21. The average Bonchev–Trinajstić information content (AvgIpc) is 2.20. The van der Waals surface area contributed by atoms with Gasteiger partial charge in [0.2, 0.25) is 0 Å². The van der Waals surface area contributed by atoms with Gasteiger partial charge in [0.1, 0.15) is 5.69 Å². The van der Waals surface area contributed by atoms with Gasteiger partial charge < -0.3 is 5.73 Å². The molecule has 15 heavy (non-hydrogen) atoms. The minimum Gasteiger partial charge on any atom is -0.393 e. The molecule has 1 aromatic carbocycles. The Balaban J connectivity index is 2.80. The van der Waals surface area contributed by atoms with Crippen LogP contribution in [0, 0.1) is 10.1 Å². The highest BCUT2D eigenvalue weighted by atomic mass is 32.2. The number of hydrogen-bond donors (Lipinski definition) is 1. The molecule has 0 aliphatic carbocycles. The number of nitrogens with zero attached hydrogens (tertiary/aromatic N) is 1. The minimum absolute atomic E-state index is 0.00426. The van der Waals surface area contributed by atoms with E-state index in [1.165, 1.54) is 6.07 Å². The highest BCUT2D eigenvalue weighted by molar-refractivity contribution is 7.98. The molecule has 1 aromatic rings. The largest absolute Gasteiger partial charge is 0.393 e. The van der Waals surface area contributed by atoms with E-state index in [1.807, 2.05) is 6.07 Å². The van der Waals surface area contributed by atoms with Crippen LogP contribution in [0.3, 0.4) is 0 Å². The number of nitro benzene ring substituents is 1. The van der Waals surface area contributed by atoms with Gasteiger partial charge in [0.05, 0.1) is 4.92 Å². The molecule has 0 unspecified atom stereocenters. The average molecular weight is 226 g/mol. The first-order valence-corrected chi connectivity index (χ1v) is 5.91. The molecule has 0 atom stereocenters. The van der Waals surface area contributed by atoms with Crippen LogP contribution in [0.25, 0.3) is 0 Å². The monoisotopic (exact) mass is 226 g/mol. The van der Waals surface area contributed by atoms with Gasteiger partial charge in [-0.3, -0.25) is 10.1 Å². The molecule has 0 heterocycles. The van der Waals surface area contributed by atoms with Gasteiger partial charge in [-0.05, 0) is 17.7 Å². The maximum absolute atomic E-state index is 10.6. The molecule has 0 spiro atoms. The maximum Gasteiger partial charge on any atom is 0.292 e. The number of rotatable bonds is 5. The Morgan fingerprint density at radius 1 is 1.53 bits per heavy atom. The summed E-state index contributed by atoms with van der Waals surface area (Å²) in [5, 5.41) is 10.6. The minimum atomic E-state index is -0.441. The predicted molar refractivity (Wildman–Crippen MR) is 64.0 cm³/mol. The lowest BCUT2D eigenvalue weighted by Crippen LogP contribution is -1.99. The van der Waals surface area contributed by atoms with E-state index in [0.29, 0.717) is 5.69 Å². The first-order chi connectivity index (χ1) is 7.16. The van der Waals surface area contributed by atoms with Crippen molar-refractivity contribution < 1.29 is 4.92 Å². The van der Waals surface area contributed by atoms with E-state index in [9.17, 15) is 10.1 Å². The van der Waals surface area contributed by atoms with Crippen LogP contribution in [-0.4, -0.2) is 10.7 Å². The molecule has 1 rings (SSSR count). The summed E-state index contributed by atoms with van der Waals surface area (Å²) in [6.45, 7) is 2.10. The lowest BCUT2D eigenvalue weighted by Gasteiger charge is -2.04. The van der Waals surface area contributed by atoms with E-state index in [0.717, 1.165) is 23.5 Å². The molecular weight excluding hydrogens is 212 g/mol. The molecule has 4 nitrogen and oxygen atoms in total. The Kier molecular flexibility index (Phi) is 4.42. The standard InChI is InChI=1S/C10H14N2O2S/c1-2-6-15-7-8-4-3-5-9(10(8)11)12(13)14/h3-5H,2,6-7,11H2,1H3. The van der Waals surface area contributed by atoms with Crippen molar-refractivity contribution >= 4 is 23.1 Å². The second-order valence-electron chi connectivity index (χ2n) is 3.16. The third-order valence-corrected chi connectivity index (χ3v) is 3.19. The van der Waals surface area contributed by atoms with E-state index >= 15 is 0 Å². The van der Waals surface area contributed by atoms with Gasteiger partial charge in [0.15, 0.2) is 0 Å². The Labute approximate surface area is 93.0 Å². The van der Waals surface area contributed by atoms with Crippen LogP contribution in [0.5, 0.6) is 0 Å². The number of nitrogens with two attached hydrogens (primary N) is 1. The third kappa shape index (κ3) is 3.13. The number of hydrogen-bond acceptors (Lipinski definition) is 4. The summed E-state index contributed by atoms with van der Waals surface area (Å²) >= 11 is 1.74. The van der Waals surface area contributed by atoms with Crippen LogP contribution < -0.4 is 5.73 Å². The van der Waals surface area contributed by atoms with Crippen LogP contribution in [0.15, 0.2) is 18.2 Å². The zero-order valence-corrected chi connectivity index (χ0v) is 9.42. The summed E-state index contributed by atoms with van der Waals surface area (Å²) in [5.41, 5.74) is 6.86. The van der Waals surface area contributed by atoms with Crippen molar-refractivity contribution in [1.82, 2.24) is 0 Å². The van der Waals surface area contributed by atoms with Crippen molar-refractivity contribution in [3.63, 3.8) is 0 Å². The molecule has 0 radical (unpaired) electrons. The number of thioether (sulfide) groups is 1. The topological polar surface area (TPSA) is 69.2 Å². The van der Waals surface area contributed by atoms with Crippen molar-refractivity contribution in [3.8, 4) is 0 Å². The Bertz CT molecular complexity index is 355. The van der Waals surface area contributed by atoms with Crippen LogP contribution >= 0.6 is 11.8 Å². The summed E-state index contributed by atoms with van der Waals surface area (Å²) < 4.78 is 0. The van der Waals surface area contributed by atoms with E-state index in [4.69, 9.17) is 5.73 Å². The zero-order valence-electron chi connectivity index (χ0n) is 8.60. The first-order valence-electron chi connectivity index (χ1n) is 4.76. The van der Waals surface area contributed by atoms with Crippen LogP contribution in [-0.2, 0) is 5.75 Å². The Hall–Kier alpha value is -1.23. The van der Waals surface area contributed by atoms with Crippen molar-refractivity contribution in [1.29, 1.82) is 0 Å². The van der Waals surface area contributed by atoms with Crippen molar-refractivity contribution in [2.24, 2.45) is 0 Å². The van der Waals surface area contributed by atoms with Gasteiger partial charge in [0, 0.05) is 11.8 Å². The van der Waals surface area contributed by atoms with Crippen molar-refractivity contribution in [2.45, 2.75) is 19.1 Å². The molecule has 0 amide bonds. The molecule has 2 N–H and O–H groups in total. The van der Waals surface area contributed by atoms with E-state index in [-0.39, 0.29) is 5.69 Å². The summed E-state index contributed by atoms with van der Waals surface area (Å²) in [6.07, 6.45) is 1.10. The van der Waals surface area contributed by atoms with Gasteiger partial charge in [-0.1, -0.05) is 19.1 Å². The predicted octanol–water partition coefficient (Wildman–Crippen LogP) is 2.82. The van der Waals surface area contributed by atoms with Crippen molar-refractivity contribution in [3.05, 3.63) is 33.9 Å². The number of nitro groups is 1. The zero-order chi connectivity index (χ0) is 11.3. The molecule has 0 aliphatic heterocycles. The van der Waals surface area contributed by atoms with Gasteiger partial charge in [-0.25, -0.2) is 0 Å². The SMILES string of the molecule is CCCSCc1cccc([N+](=O)[O-])c1N. The summed E-state index contributed by atoms with van der Waals surface area (Å²) in [7, 11) is 0. The fourth-order valence-corrected chi connectivity index (χ4v) is 2.12. The fraction of sp³-hybridized carbons (Fsp3) is 0.400. The Morgan fingerprint density at radius 2 is 2.27 bits per heavy atom. The summed E-state index contributed by atoms with van der Waals surface area (Å²) in [5.74, 6) is 1.78. The number of para-hydroxylation sites is 1. The van der Waals surface area contributed by atoms with Crippen LogP contribution in [0.1, 0.15) is 18.9 Å². The lowest BCUT2D eigenvalue weighted by atomic mass is 10.2. The molecule has 0 fully saturated rings. The highest BCUT2D eigenvalue weighted by Gasteiger charge is 2.13. The molecule has 0 aromatic heterocycles. The molecule has 5 heteroatoms. The lowest BCUT2D eigenvalue weighted by molar-refractivity contribution is -0.383. The molecule has 0 aliphatic rings. The van der Waals surface area contributed by atoms with E-state index in [1.54, 1.807) is 17.8 Å². The number of anilines is 1. The Morgan fingerprint density at radius 3 is 2.87 bits per heavy atom. The van der Waals surface area contributed by atoms with Gasteiger partial charge in [-0.15, -0.1) is 0 Å². The first kappa shape index (κ1) is 11.8. The summed E-state index contributed by atoms with van der Waals surface area (Å²) in [6, 6.07) is 4.95.